The Morgan fingerprint density at radius 1 is 0.932 bits per heavy atom. The van der Waals surface area contributed by atoms with Crippen LogP contribution in [0.25, 0.3) is 10.9 Å². The van der Waals surface area contributed by atoms with Crippen LogP contribution in [-0.4, -0.2) is 33.9 Å². The van der Waals surface area contributed by atoms with Crippen LogP contribution in [0.4, 0.5) is 5.69 Å². The molecule has 1 unspecified atom stereocenters. The third-order valence-corrected chi connectivity index (χ3v) is 8.44. The quantitative estimate of drug-likeness (QED) is 0.112. The Hall–Kier alpha value is -4.39. The van der Waals surface area contributed by atoms with Gasteiger partial charge in [0.2, 0.25) is 0 Å². The molecule has 1 amide bonds. The average Bonchev–Trinajstić information content (AvgIpc) is 3.39. The van der Waals surface area contributed by atoms with Crippen LogP contribution in [-0.2, 0) is 29.0 Å². The Morgan fingerprint density at radius 3 is 2.45 bits per heavy atom. The summed E-state index contributed by atoms with van der Waals surface area (Å²) in [5.74, 6) is -0.290. The number of amides is 1. The Labute approximate surface area is 259 Å². The molecule has 1 atom stereocenters. The molecule has 1 aliphatic rings. The zero-order valence-electron chi connectivity index (χ0n) is 25.8. The van der Waals surface area contributed by atoms with Crippen molar-refractivity contribution in [1.29, 1.82) is 0 Å². The van der Waals surface area contributed by atoms with Gasteiger partial charge < -0.3 is 14.4 Å². The minimum absolute atomic E-state index is 0.0218. The maximum Gasteiger partial charge on any atom is 0.303 e. The molecule has 1 aliphatic heterocycles. The summed E-state index contributed by atoms with van der Waals surface area (Å²) in [6.07, 6.45) is 8.82. The number of hydrogen-bond acceptors (Lipinski definition) is 4. The fourth-order valence-electron chi connectivity index (χ4n) is 6.23. The van der Waals surface area contributed by atoms with Crippen molar-refractivity contribution in [3.63, 3.8) is 0 Å². The number of unbranched alkanes of at least 4 members (excludes halogenated alkanes) is 2. The van der Waals surface area contributed by atoms with E-state index in [1.54, 1.807) is 0 Å². The van der Waals surface area contributed by atoms with Crippen molar-refractivity contribution in [3.8, 4) is 5.75 Å². The fraction of sp³-hybridized carbons (Fsp3) is 0.378. The number of aryl methyl sites for hydroxylation is 2. The number of fused-ring (bicyclic) bond motifs is 2. The van der Waals surface area contributed by atoms with Crippen LogP contribution in [0, 0.1) is 0 Å². The second-order valence-electron chi connectivity index (χ2n) is 11.7. The molecule has 1 N–H and O–H groups in total. The lowest BCUT2D eigenvalue weighted by Crippen LogP contribution is -2.41. The molecule has 230 valence electrons. The summed E-state index contributed by atoms with van der Waals surface area (Å²) in [5.41, 5.74) is 5.52. The number of rotatable bonds is 15. The van der Waals surface area contributed by atoms with Gasteiger partial charge in [-0.25, -0.2) is 0 Å². The van der Waals surface area contributed by atoms with E-state index in [1.165, 1.54) is 5.56 Å². The maximum atomic E-state index is 13.6. The van der Waals surface area contributed by atoms with E-state index in [0.29, 0.717) is 24.3 Å². The number of Topliss-reactive ketones (excluding diaryl/α,β-unsaturated/α-hetero) is 1. The number of carbonyl (C=O) groups excluding carboxylic acids is 2. The van der Waals surface area contributed by atoms with E-state index in [9.17, 15) is 14.4 Å². The summed E-state index contributed by atoms with van der Waals surface area (Å²) in [7, 11) is 0. The molecular weight excluding hydrogens is 552 g/mol. The highest BCUT2D eigenvalue weighted by Crippen LogP contribution is 2.40. The number of carbonyl (C=O) groups is 3. The topological polar surface area (TPSA) is 88.8 Å². The number of aromatic nitrogens is 1. The number of para-hydroxylation sites is 1. The number of benzene rings is 3. The molecule has 0 aliphatic carbocycles. The molecule has 0 saturated carbocycles. The number of nitrogens with zero attached hydrogens (tertiary/aromatic N) is 2. The van der Waals surface area contributed by atoms with Crippen LogP contribution in [0.15, 0.2) is 72.9 Å². The summed E-state index contributed by atoms with van der Waals surface area (Å²) in [4.78, 5) is 39.9. The second kappa shape index (κ2) is 14.4. The van der Waals surface area contributed by atoms with Crippen LogP contribution in [0.5, 0.6) is 5.75 Å². The molecule has 5 rings (SSSR count). The number of ketones is 1. The van der Waals surface area contributed by atoms with E-state index in [2.05, 4.69) is 38.1 Å². The largest absolute Gasteiger partial charge is 0.482 e. The first-order valence-corrected chi connectivity index (χ1v) is 15.9. The third kappa shape index (κ3) is 7.04. The van der Waals surface area contributed by atoms with Crippen molar-refractivity contribution < 1.29 is 24.2 Å². The van der Waals surface area contributed by atoms with Gasteiger partial charge >= 0.3 is 5.97 Å². The maximum absolute atomic E-state index is 13.6. The summed E-state index contributed by atoms with van der Waals surface area (Å²) >= 11 is 0. The first-order chi connectivity index (χ1) is 21.4. The molecule has 7 nitrogen and oxygen atoms in total. The molecule has 0 saturated heterocycles. The fourth-order valence-corrected chi connectivity index (χ4v) is 6.23. The van der Waals surface area contributed by atoms with Crippen molar-refractivity contribution >= 4 is 34.3 Å². The van der Waals surface area contributed by atoms with E-state index in [0.717, 1.165) is 66.2 Å². The molecule has 7 heteroatoms. The van der Waals surface area contributed by atoms with E-state index in [-0.39, 0.29) is 37.2 Å². The number of ether oxygens (including phenoxy) is 1. The third-order valence-electron chi connectivity index (χ3n) is 8.44. The lowest BCUT2D eigenvalue weighted by molar-refractivity contribution is -0.137. The number of carboxylic acid groups (broad SMARTS) is 1. The highest BCUT2D eigenvalue weighted by molar-refractivity contribution is 6.09. The predicted molar refractivity (Wildman–Crippen MR) is 174 cm³/mol. The summed E-state index contributed by atoms with van der Waals surface area (Å²) < 4.78 is 7.91. The monoisotopic (exact) mass is 594 g/mol. The zero-order chi connectivity index (χ0) is 31.1. The van der Waals surface area contributed by atoms with Gasteiger partial charge in [-0.15, -0.1) is 0 Å². The Kier molecular flexibility index (Phi) is 10.2. The average molecular weight is 595 g/mol. The molecule has 44 heavy (non-hydrogen) atoms. The van der Waals surface area contributed by atoms with E-state index >= 15 is 0 Å². The highest BCUT2D eigenvalue weighted by Gasteiger charge is 2.33. The molecule has 1 aromatic heterocycles. The minimum atomic E-state index is -0.829. The van der Waals surface area contributed by atoms with Crippen molar-refractivity contribution in [3.05, 3.63) is 95.2 Å². The normalized spacial score (nSPS) is 13.5. The highest BCUT2D eigenvalue weighted by atomic mass is 16.5. The molecule has 0 bridgehead atoms. The molecule has 0 fully saturated rings. The van der Waals surface area contributed by atoms with Gasteiger partial charge in [0, 0.05) is 42.0 Å². The van der Waals surface area contributed by atoms with Gasteiger partial charge in [0.05, 0.1) is 11.7 Å². The summed E-state index contributed by atoms with van der Waals surface area (Å²) in [6.45, 7) is 4.85. The van der Waals surface area contributed by atoms with Crippen LogP contribution in [0.1, 0.15) is 91.9 Å². The minimum Gasteiger partial charge on any atom is -0.482 e. The van der Waals surface area contributed by atoms with Gasteiger partial charge in [-0.3, -0.25) is 19.3 Å². The van der Waals surface area contributed by atoms with Crippen molar-refractivity contribution in [2.24, 2.45) is 0 Å². The number of hydrogen-bond donors (Lipinski definition) is 1. The first-order valence-electron chi connectivity index (χ1n) is 15.9. The van der Waals surface area contributed by atoms with Crippen molar-refractivity contribution in [2.45, 2.75) is 84.2 Å². The molecule has 2 heterocycles. The smallest absolute Gasteiger partial charge is 0.303 e. The Balaban J connectivity index is 1.40. The van der Waals surface area contributed by atoms with Gasteiger partial charge in [0.25, 0.3) is 5.91 Å². The van der Waals surface area contributed by atoms with Gasteiger partial charge in [-0.2, -0.15) is 0 Å². The Morgan fingerprint density at radius 2 is 1.70 bits per heavy atom. The van der Waals surface area contributed by atoms with E-state index < -0.39 is 5.97 Å². The van der Waals surface area contributed by atoms with Gasteiger partial charge in [0.1, 0.15) is 5.75 Å². The predicted octanol–water partition coefficient (Wildman–Crippen LogP) is 7.93. The number of carboxylic acids is 1. The lowest BCUT2D eigenvalue weighted by Gasteiger charge is -2.36. The molecule has 0 spiro atoms. The van der Waals surface area contributed by atoms with Gasteiger partial charge in [0.15, 0.2) is 12.4 Å². The first kappa shape index (κ1) is 31.0. The SMILES string of the molecule is CCCCCC(c1ccc(CCC)cc1)N1C(=O)COc2cc(CC(=O)c3cn(CCCC(=O)O)c4ccccc34)ccc21. The van der Waals surface area contributed by atoms with Crippen molar-refractivity contribution in [1.82, 2.24) is 4.57 Å². The van der Waals surface area contributed by atoms with Crippen LogP contribution in [0.3, 0.4) is 0 Å². The molecule has 0 radical (unpaired) electrons. The lowest BCUT2D eigenvalue weighted by atomic mass is 9.95. The summed E-state index contributed by atoms with van der Waals surface area (Å²) in [5, 5.41) is 9.91. The second-order valence-corrected chi connectivity index (χ2v) is 11.7. The van der Waals surface area contributed by atoms with E-state index in [4.69, 9.17) is 9.84 Å². The van der Waals surface area contributed by atoms with Gasteiger partial charge in [-0.1, -0.05) is 88.1 Å². The summed E-state index contributed by atoms with van der Waals surface area (Å²) in [6, 6.07) is 22.0. The zero-order valence-corrected chi connectivity index (χ0v) is 25.8. The van der Waals surface area contributed by atoms with Crippen LogP contribution < -0.4 is 9.64 Å². The van der Waals surface area contributed by atoms with Gasteiger partial charge in [-0.05, 0) is 54.2 Å². The number of anilines is 1. The molecular formula is C37H42N2O5. The molecule has 3 aromatic carbocycles. The van der Waals surface area contributed by atoms with Crippen LogP contribution in [0.2, 0.25) is 0 Å². The van der Waals surface area contributed by atoms with Crippen molar-refractivity contribution in [2.75, 3.05) is 11.5 Å². The molecule has 4 aromatic rings. The standard InChI is InChI=1S/C37H42N2O5/c1-3-5-6-12-31(28-18-15-26(10-4-2)16-19-28)39-33-20-17-27(23-35(33)44-25-36(39)41)22-34(40)30-24-38(21-9-14-37(42)43)32-13-8-7-11-29(30)32/h7-8,11,13,15-20,23-24,31H,3-6,9-10,12,14,21-22,25H2,1-2H3,(H,42,43). The number of aliphatic carboxylic acids is 1. The van der Waals surface area contributed by atoms with E-state index in [1.807, 2.05) is 58.1 Å². The van der Waals surface area contributed by atoms with Crippen LogP contribution >= 0.6 is 0 Å². The Bertz CT molecular complexity index is 1620.